The fourth-order valence-electron chi connectivity index (χ4n) is 2.91. The monoisotopic (exact) mass is 562 g/mol. The summed E-state index contributed by atoms with van der Waals surface area (Å²) in [5, 5.41) is 3.77. The summed E-state index contributed by atoms with van der Waals surface area (Å²) in [6.07, 6.45) is 0.440. The van der Waals surface area contributed by atoms with Gasteiger partial charge in [-0.1, -0.05) is 36.2 Å². The number of halogens is 3. The van der Waals surface area contributed by atoms with Gasteiger partial charge in [0.15, 0.2) is 6.61 Å². The third kappa shape index (κ3) is 7.03. The lowest BCUT2D eigenvalue weighted by Crippen LogP contribution is -2.51. The van der Waals surface area contributed by atoms with Crippen molar-refractivity contribution in [2.45, 2.75) is 45.8 Å². The Morgan fingerprint density at radius 1 is 1.10 bits per heavy atom. The van der Waals surface area contributed by atoms with Gasteiger partial charge in [-0.15, -0.1) is 0 Å². The molecule has 0 aliphatic carbocycles. The number of amides is 2. The predicted octanol–water partition coefficient (Wildman–Crippen LogP) is 5.31. The molecule has 0 saturated heterocycles. The van der Waals surface area contributed by atoms with E-state index in [2.05, 4.69) is 27.9 Å². The molecule has 162 valence electrons. The van der Waals surface area contributed by atoms with E-state index in [-0.39, 0.29) is 31.0 Å². The Labute approximate surface area is 201 Å². The summed E-state index contributed by atoms with van der Waals surface area (Å²) in [6.45, 7) is 5.52. The van der Waals surface area contributed by atoms with Gasteiger partial charge < -0.3 is 15.0 Å². The molecule has 0 bridgehead atoms. The van der Waals surface area contributed by atoms with Gasteiger partial charge in [0.2, 0.25) is 5.91 Å². The SMILES string of the molecule is CC[C@@H](C(=O)NC(C)C)N(Cc1c(Cl)cccc1Cl)C(=O)COc1ccc(I)cc1. The van der Waals surface area contributed by atoms with Gasteiger partial charge in [0.25, 0.3) is 5.91 Å². The second-order valence-corrected chi connectivity index (χ2v) is 9.11. The molecule has 30 heavy (non-hydrogen) atoms. The van der Waals surface area contributed by atoms with Crippen LogP contribution in [0.5, 0.6) is 5.75 Å². The van der Waals surface area contributed by atoms with E-state index in [4.69, 9.17) is 27.9 Å². The van der Waals surface area contributed by atoms with Gasteiger partial charge in [0.05, 0.1) is 0 Å². The second-order valence-electron chi connectivity index (χ2n) is 7.05. The molecular formula is C22H25Cl2IN2O3. The smallest absolute Gasteiger partial charge is 0.261 e. The summed E-state index contributed by atoms with van der Waals surface area (Å²) < 4.78 is 6.73. The topological polar surface area (TPSA) is 58.6 Å². The van der Waals surface area contributed by atoms with Gasteiger partial charge in [-0.2, -0.15) is 0 Å². The average molecular weight is 563 g/mol. The minimum Gasteiger partial charge on any atom is -0.484 e. The molecule has 0 fully saturated rings. The Morgan fingerprint density at radius 2 is 1.70 bits per heavy atom. The molecule has 2 amide bonds. The number of hydrogen-bond donors (Lipinski definition) is 1. The van der Waals surface area contributed by atoms with Crippen LogP contribution in [0, 0.1) is 3.57 Å². The summed E-state index contributed by atoms with van der Waals surface area (Å²) in [6, 6.07) is 11.8. The second kappa shape index (κ2) is 11.8. The van der Waals surface area contributed by atoms with Gasteiger partial charge in [0, 0.05) is 31.8 Å². The van der Waals surface area contributed by atoms with Crippen LogP contribution in [0.1, 0.15) is 32.8 Å². The van der Waals surface area contributed by atoms with E-state index in [1.807, 2.05) is 32.9 Å². The molecule has 5 nitrogen and oxygen atoms in total. The Bertz CT molecular complexity index is 855. The summed E-state index contributed by atoms with van der Waals surface area (Å²) in [5.74, 6) is 0.0350. The Kier molecular flexibility index (Phi) is 9.71. The molecule has 0 aromatic heterocycles. The molecule has 0 aliphatic rings. The Morgan fingerprint density at radius 3 is 2.23 bits per heavy atom. The minimum atomic E-state index is -0.674. The molecule has 0 aliphatic heterocycles. The first kappa shape index (κ1) is 24.8. The number of rotatable bonds is 9. The largest absolute Gasteiger partial charge is 0.484 e. The minimum absolute atomic E-state index is 0.0459. The molecular weight excluding hydrogens is 538 g/mol. The Balaban J connectivity index is 2.27. The first-order valence-electron chi connectivity index (χ1n) is 9.64. The van der Waals surface area contributed by atoms with Crippen LogP contribution in [0.4, 0.5) is 0 Å². The number of carbonyl (C=O) groups is 2. The molecule has 0 heterocycles. The summed E-state index contributed by atoms with van der Waals surface area (Å²) >= 11 is 14.8. The van der Waals surface area contributed by atoms with E-state index in [0.29, 0.717) is 27.8 Å². The van der Waals surface area contributed by atoms with E-state index >= 15 is 0 Å². The van der Waals surface area contributed by atoms with Crippen molar-refractivity contribution >= 4 is 57.6 Å². The molecule has 2 rings (SSSR count). The number of hydrogen-bond acceptors (Lipinski definition) is 3. The third-order valence-corrected chi connectivity index (χ3v) is 5.81. The number of ether oxygens (including phenoxy) is 1. The standard InChI is InChI=1S/C22H25Cl2IN2O3/c1-4-20(22(29)26-14(2)3)27(12-17-18(23)6-5-7-19(17)24)21(28)13-30-16-10-8-15(25)9-11-16/h5-11,14,20H,4,12-13H2,1-3H3,(H,26,29)/t20-/m0/s1. The molecule has 1 N–H and O–H groups in total. The van der Waals surface area contributed by atoms with E-state index < -0.39 is 6.04 Å². The molecule has 0 spiro atoms. The van der Waals surface area contributed by atoms with Crippen LogP contribution in [-0.2, 0) is 16.1 Å². The molecule has 0 saturated carbocycles. The van der Waals surface area contributed by atoms with Gasteiger partial charge in [-0.05, 0) is 79.3 Å². The highest BCUT2D eigenvalue weighted by atomic mass is 127. The van der Waals surface area contributed by atoms with Crippen LogP contribution in [0.2, 0.25) is 10.0 Å². The first-order valence-corrected chi connectivity index (χ1v) is 11.5. The van der Waals surface area contributed by atoms with E-state index in [0.717, 1.165) is 3.57 Å². The van der Waals surface area contributed by atoms with Crippen molar-refractivity contribution in [3.63, 3.8) is 0 Å². The zero-order valence-electron chi connectivity index (χ0n) is 17.1. The molecule has 0 unspecified atom stereocenters. The zero-order valence-corrected chi connectivity index (χ0v) is 20.8. The van der Waals surface area contributed by atoms with E-state index in [1.165, 1.54) is 4.90 Å². The van der Waals surface area contributed by atoms with Crippen molar-refractivity contribution in [1.82, 2.24) is 10.2 Å². The zero-order chi connectivity index (χ0) is 22.3. The van der Waals surface area contributed by atoms with Crippen molar-refractivity contribution < 1.29 is 14.3 Å². The van der Waals surface area contributed by atoms with Crippen LogP contribution >= 0.6 is 45.8 Å². The number of nitrogens with one attached hydrogen (secondary N) is 1. The highest BCUT2D eigenvalue weighted by Crippen LogP contribution is 2.27. The van der Waals surface area contributed by atoms with Gasteiger partial charge in [-0.25, -0.2) is 0 Å². The Hall–Kier alpha value is -1.51. The number of carbonyl (C=O) groups excluding carboxylic acids is 2. The van der Waals surface area contributed by atoms with Crippen molar-refractivity contribution in [3.05, 3.63) is 61.6 Å². The van der Waals surface area contributed by atoms with Crippen LogP contribution in [-0.4, -0.2) is 35.4 Å². The van der Waals surface area contributed by atoms with Crippen LogP contribution in [0.25, 0.3) is 0 Å². The molecule has 0 radical (unpaired) electrons. The van der Waals surface area contributed by atoms with Gasteiger partial charge in [-0.3, -0.25) is 9.59 Å². The van der Waals surface area contributed by atoms with Crippen molar-refractivity contribution in [3.8, 4) is 5.75 Å². The maximum absolute atomic E-state index is 13.1. The lowest BCUT2D eigenvalue weighted by Gasteiger charge is -2.31. The van der Waals surface area contributed by atoms with Crippen molar-refractivity contribution in [2.75, 3.05) is 6.61 Å². The highest BCUT2D eigenvalue weighted by molar-refractivity contribution is 14.1. The number of nitrogens with zero attached hydrogens (tertiary/aromatic N) is 1. The van der Waals surface area contributed by atoms with Crippen molar-refractivity contribution in [2.24, 2.45) is 0 Å². The molecule has 8 heteroatoms. The molecule has 1 atom stereocenters. The summed E-state index contributed by atoms with van der Waals surface area (Å²) in [7, 11) is 0. The average Bonchev–Trinajstić information content (AvgIpc) is 2.68. The molecule has 2 aromatic carbocycles. The fraction of sp³-hybridized carbons (Fsp3) is 0.364. The van der Waals surface area contributed by atoms with Gasteiger partial charge in [0.1, 0.15) is 11.8 Å². The van der Waals surface area contributed by atoms with Crippen LogP contribution < -0.4 is 10.1 Å². The maximum atomic E-state index is 13.1. The van der Waals surface area contributed by atoms with Gasteiger partial charge >= 0.3 is 0 Å². The predicted molar refractivity (Wildman–Crippen MR) is 129 cm³/mol. The third-order valence-electron chi connectivity index (χ3n) is 4.38. The summed E-state index contributed by atoms with van der Waals surface area (Å²) in [5.41, 5.74) is 0.597. The molecule has 2 aromatic rings. The van der Waals surface area contributed by atoms with E-state index in [9.17, 15) is 9.59 Å². The van der Waals surface area contributed by atoms with Crippen LogP contribution in [0.15, 0.2) is 42.5 Å². The number of benzene rings is 2. The maximum Gasteiger partial charge on any atom is 0.261 e. The summed E-state index contributed by atoms with van der Waals surface area (Å²) in [4.78, 5) is 27.4. The van der Waals surface area contributed by atoms with Crippen LogP contribution in [0.3, 0.4) is 0 Å². The lowest BCUT2D eigenvalue weighted by atomic mass is 10.1. The highest BCUT2D eigenvalue weighted by Gasteiger charge is 2.30. The fourth-order valence-corrected chi connectivity index (χ4v) is 3.79. The van der Waals surface area contributed by atoms with E-state index in [1.54, 1.807) is 30.3 Å². The van der Waals surface area contributed by atoms with Crippen molar-refractivity contribution in [1.29, 1.82) is 0 Å². The lowest BCUT2D eigenvalue weighted by molar-refractivity contribution is -0.143. The first-order chi connectivity index (χ1) is 14.2. The normalized spacial score (nSPS) is 11.8. The quantitative estimate of drug-likeness (QED) is 0.421.